The fourth-order valence-corrected chi connectivity index (χ4v) is 4.93. The van der Waals surface area contributed by atoms with Crippen molar-refractivity contribution in [3.63, 3.8) is 0 Å². The van der Waals surface area contributed by atoms with E-state index in [0.717, 1.165) is 11.8 Å². The fourth-order valence-electron chi connectivity index (χ4n) is 2.74. The molecule has 1 aliphatic rings. The number of nitrogens with zero attached hydrogens (tertiary/aromatic N) is 1. The molecule has 1 aromatic heterocycles. The summed E-state index contributed by atoms with van der Waals surface area (Å²) in [6, 6.07) is 7.65. The molecule has 2 heterocycles. The predicted octanol–water partition coefficient (Wildman–Crippen LogP) is 5.66. The fraction of sp³-hybridized carbons (Fsp3) is 0.211. The third-order valence-electron chi connectivity index (χ3n) is 4.13. The molecule has 0 bridgehead atoms. The summed E-state index contributed by atoms with van der Waals surface area (Å²) in [5.41, 5.74) is 0.634. The summed E-state index contributed by atoms with van der Waals surface area (Å²) >= 11 is 20.1. The normalized spacial score (nSPS) is 16.7. The zero-order valence-corrected chi connectivity index (χ0v) is 19.0. The molecule has 3 rings (SSSR count). The van der Waals surface area contributed by atoms with E-state index in [-0.39, 0.29) is 4.32 Å². The van der Waals surface area contributed by atoms with Gasteiger partial charge in [-0.15, -0.1) is 0 Å². The van der Waals surface area contributed by atoms with Gasteiger partial charge in [-0.2, -0.15) is 11.8 Å². The third-order valence-corrected chi connectivity index (χ3v) is 6.93. The zero-order chi connectivity index (χ0) is 21.1. The molecule has 152 valence electrons. The van der Waals surface area contributed by atoms with Crippen LogP contribution in [0.25, 0.3) is 17.4 Å². The smallest absolute Gasteiger partial charge is 0.326 e. The lowest BCUT2D eigenvalue weighted by molar-refractivity contribution is -0.145. The van der Waals surface area contributed by atoms with Gasteiger partial charge in [-0.25, -0.2) is 4.79 Å². The number of hydrogen-bond acceptors (Lipinski definition) is 6. The van der Waals surface area contributed by atoms with Crippen LogP contribution >= 0.6 is 58.9 Å². The lowest BCUT2D eigenvalue weighted by Gasteiger charge is -2.22. The molecule has 1 fully saturated rings. The minimum atomic E-state index is -1.08. The highest BCUT2D eigenvalue weighted by Crippen LogP contribution is 2.37. The number of carbonyl (C=O) groups is 2. The van der Waals surface area contributed by atoms with Crippen molar-refractivity contribution < 1.29 is 19.1 Å². The highest BCUT2D eigenvalue weighted by molar-refractivity contribution is 8.26. The van der Waals surface area contributed by atoms with E-state index in [1.807, 2.05) is 6.26 Å². The van der Waals surface area contributed by atoms with Crippen molar-refractivity contribution in [2.24, 2.45) is 0 Å². The summed E-state index contributed by atoms with van der Waals surface area (Å²) in [7, 11) is 0. The van der Waals surface area contributed by atoms with Crippen LogP contribution in [-0.2, 0) is 9.59 Å². The van der Waals surface area contributed by atoms with E-state index in [1.165, 1.54) is 16.7 Å². The topological polar surface area (TPSA) is 70.8 Å². The number of aliphatic carboxylic acids is 1. The Morgan fingerprint density at radius 1 is 1.38 bits per heavy atom. The zero-order valence-electron chi connectivity index (χ0n) is 15.1. The molecule has 0 radical (unpaired) electrons. The van der Waals surface area contributed by atoms with E-state index in [4.69, 9.17) is 39.8 Å². The van der Waals surface area contributed by atoms with Gasteiger partial charge in [0.05, 0.1) is 15.0 Å². The van der Waals surface area contributed by atoms with Gasteiger partial charge in [-0.3, -0.25) is 9.69 Å². The monoisotopic (exact) mass is 487 g/mol. The first-order chi connectivity index (χ1) is 13.8. The van der Waals surface area contributed by atoms with Crippen LogP contribution in [0.5, 0.6) is 0 Å². The molecule has 29 heavy (non-hydrogen) atoms. The average Bonchev–Trinajstić information content (AvgIpc) is 3.24. The van der Waals surface area contributed by atoms with Crippen LogP contribution in [-0.4, -0.2) is 44.3 Å². The average molecular weight is 488 g/mol. The van der Waals surface area contributed by atoms with Crippen LogP contribution < -0.4 is 0 Å². The Morgan fingerprint density at radius 3 is 2.83 bits per heavy atom. The summed E-state index contributed by atoms with van der Waals surface area (Å²) in [5, 5.41) is 10.3. The molecule has 1 amide bonds. The van der Waals surface area contributed by atoms with Gasteiger partial charge in [0, 0.05) is 11.6 Å². The second-order valence-electron chi connectivity index (χ2n) is 5.99. The SMILES string of the molecule is CSCC[C@@H](C(=O)O)N1C(=O)/C(=C\c2ccc(-c3cccc(Cl)c3Cl)o2)SC1=S. The number of benzene rings is 1. The molecule has 0 unspecified atom stereocenters. The summed E-state index contributed by atoms with van der Waals surface area (Å²) in [5.74, 6) is 0.0181. The van der Waals surface area contributed by atoms with Crippen LogP contribution in [0, 0.1) is 0 Å². The standard InChI is InChI=1S/C19H15Cl2NO4S3/c1-28-8-7-13(18(24)25)22-17(23)15(29-19(22)27)9-10-5-6-14(26-10)11-3-2-4-12(20)16(11)21/h2-6,9,13H,7-8H2,1H3,(H,24,25)/b15-9+/t13-/m0/s1. The van der Waals surface area contributed by atoms with Gasteiger partial charge < -0.3 is 9.52 Å². The summed E-state index contributed by atoms with van der Waals surface area (Å²) in [6.07, 6.45) is 3.74. The number of furan rings is 1. The Morgan fingerprint density at radius 2 is 2.14 bits per heavy atom. The van der Waals surface area contributed by atoms with Gasteiger partial charge in [0.1, 0.15) is 21.9 Å². The van der Waals surface area contributed by atoms with Crippen LogP contribution in [0.2, 0.25) is 10.0 Å². The maximum absolute atomic E-state index is 12.8. The highest BCUT2D eigenvalue weighted by Gasteiger charge is 2.40. The number of carboxylic acid groups (broad SMARTS) is 1. The Labute approximate surface area is 191 Å². The molecule has 1 atom stereocenters. The second-order valence-corrected chi connectivity index (χ2v) is 9.44. The molecular formula is C19H15Cl2NO4S3. The van der Waals surface area contributed by atoms with Crippen molar-refractivity contribution >= 4 is 81.2 Å². The summed E-state index contributed by atoms with van der Waals surface area (Å²) in [4.78, 5) is 25.9. The number of halogens is 2. The number of hydrogen-bond donors (Lipinski definition) is 1. The maximum atomic E-state index is 12.8. The lowest BCUT2D eigenvalue weighted by Crippen LogP contribution is -2.44. The Bertz CT molecular complexity index is 1010. The molecule has 0 spiro atoms. The van der Waals surface area contributed by atoms with Gasteiger partial charge in [-0.05, 0) is 42.7 Å². The molecule has 1 N–H and O–H groups in total. The van der Waals surface area contributed by atoms with Gasteiger partial charge in [0.25, 0.3) is 5.91 Å². The Hall–Kier alpha value is -1.45. The molecule has 1 aliphatic heterocycles. The quantitative estimate of drug-likeness (QED) is 0.398. The van der Waals surface area contributed by atoms with E-state index in [2.05, 4.69) is 0 Å². The molecule has 0 aliphatic carbocycles. The number of thioether (sulfide) groups is 2. The van der Waals surface area contributed by atoms with E-state index in [0.29, 0.717) is 44.2 Å². The van der Waals surface area contributed by atoms with Crippen LogP contribution in [0.4, 0.5) is 0 Å². The molecule has 2 aromatic rings. The summed E-state index contributed by atoms with van der Waals surface area (Å²) in [6.45, 7) is 0. The molecule has 1 aromatic carbocycles. The summed E-state index contributed by atoms with van der Waals surface area (Å²) < 4.78 is 6.01. The van der Waals surface area contributed by atoms with Crippen molar-refractivity contribution in [3.05, 3.63) is 51.0 Å². The largest absolute Gasteiger partial charge is 0.480 e. The van der Waals surface area contributed by atoms with Crippen molar-refractivity contribution in [1.29, 1.82) is 0 Å². The van der Waals surface area contributed by atoms with Crippen LogP contribution in [0.1, 0.15) is 12.2 Å². The van der Waals surface area contributed by atoms with Gasteiger partial charge in [-0.1, -0.05) is 53.2 Å². The van der Waals surface area contributed by atoms with Crippen molar-refractivity contribution in [3.8, 4) is 11.3 Å². The van der Waals surface area contributed by atoms with E-state index >= 15 is 0 Å². The van der Waals surface area contributed by atoms with E-state index in [1.54, 1.807) is 36.4 Å². The Kier molecular flexibility index (Phi) is 7.34. The van der Waals surface area contributed by atoms with Crippen LogP contribution in [0.15, 0.2) is 39.7 Å². The number of amides is 1. The highest BCUT2D eigenvalue weighted by atomic mass is 35.5. The van der Waals surface area contributed by atoms with Crippen molar-refractivity contribution in [2.75, 3.05) is 12.0 Å². The molecule has 10 heteroatoms. The Balaban J connectivity index is 1.86. The molecule has 1 saturated heterocycles. The molecule has 5 nitrogen and oxygen atoms in total. The van der Waals surface area contributed by atoms with Crippen LogP contribution in [0.3, 0.4) is 0 Å². The lowest BCUT2D eigenvalue weighted by atomic mass is 10.2. The van der Waals surface area contributed by atoms with Gasteiger partial charge in [0.15, 0.2) is 0 Å². The van der Waals surface area contributed by atoms with Gasteiger partial charge in [0.2, 0.25) is 0 Å². The minimum absolute atomic E-state index is 0.222. The second kappa shape index (κ2) is 9.57. The minimum Gasteiger partial charge on any atom is -0.480 e. The van der Waals surface area contributed by atoms with Crippen molar-refractivity contribution in [1.82, 2.24) is 4.90 Å². The third kappa shape index (κ3) is 4.83. The molecule has 0 saturated carbocycles. The number of carboxylic acids is 1. The first-order valence-electron chi connectivity index (χ1n) is 8.36. The first kappa shape index (κ1) is 22.2. The maximum Gasteiger partial charge on any atom is 0.326 e. The van der Waals surface area contributed by atoms with Crippen molar-refractivity contribution in [2.45, 2.75) is 12.5 Å². The predicted molar refractivity (Wildman–Crippen MR) is 124 cm³/mol. The van der Waals surface area contributed by atoms with Gasteiger partial charge >= 0.3 is 5.97 Å². The number of rotatable bonds is 7. The first-order valence-corrected chi connectivity index (χ1v) is 11.7. The molecular weight excluding hydrogens is 473 g/mol. The number of thiocarbonyl (C=S) groups is 1. The number of carbonyl (C=O) groups excluding carboxylic acids is 1. The van der Waals surface area contributed by atoms with E-state index < -0.39 is 17.9 Å². The van der Waals surface area contributed by atoms with E-state index in [9.17, 15) is 14.7 Å².